The number of sulfonamides is 2. The van der Waals surface area contributed by atoms with Gasteiger partial charge in [0.05, 0.1) is 17.2 Å². The van der Waals surface area contributed by atoms with Crippen molar-refractivity contribution < 1.29 is 21.6 Å². The number of carbonyl (C=O) groups is 1. The number of hydrogen-bond acceptors (Lipinski definition) is 5. The summed E-state index contributed by atoms with van der Waals surface area (Å²) in [5.74, 6) is 1.33. The molecule has 22 heavy (non-hydrogen) atoms. The first-order valence-electron chi connectivity index (χ1n) is 6.36. The summed E-state index contributed by atoms with van der Waals surface area (Å²) in [6.45, 7) is -0.0749. The van der Waals surface area contributed by atoms with E-state index in [4.69, 9.17) is 6.42 Å². The van der Waals surface area contributed by atoms with E-state index in [-0.39, 0.29) is 29.3 Å². The van der Waals surface area contributed by atoms with Gasteiger partial charge in [-0.25, -0.2) is 21.1 Å². The molecule has 9 heteroatoms. The van der Waals surface area contributed by atoms with Crippen LogP contribution >= 0.6 is 0 Å². The molecule has 2 rings (SSSR count). The second-order valence-corrected chi connectivity index (χ2v) is 8.38. The third kappa shape index (κ3) is 3.30. The Morgan fingerprint density at radius 1 is 1.41 bits per heavy atom. The molecule has 0 bridgehead atoms. The van der Waals surface area contributed by atoms with E-state index in [0.717, 1.165) is 10.4 Å². The Bertz CT molecular complexity index is 837. The van der Waals surface area contributed by atoms with Crippen molar-refractivity contribution in [2.24, 2.45) is 0 Å². The molecule has 0 saturated carbocycles. The Morgan fingerprint density at radius 3 is 2.73 bits per heavy atom. The van der Waals surface area contributed by atoms with E-state index in [2.05, 4.69) is 10.6 Å². The van der Waals surface area contributed by atoms with Crippen LogP contribution in [0.5, 0.6) is 0 Å². The largest absolute Gasteiger partial charge is 0.268 e. The van der Waals surface area contributed by atoms with Crippen molar-refractivity contribution in [1.82, 2.24) is 9.03 Å². The standard InChI is InChI=1S/C13H14N2O5S2/c1-2-7-14-22(19,20)12-6-3-5-11(10-12)13(16)15-8-4-9-21(15,17)18/h1,3,5-6,10,14H,4,7-9H2. The van der Waals surface area contributed by atoms with Gasteiger partial charge in [0, 0.05) is 12.1 Å². The number of nitrogens with one attached hydrogen (secondary N) is 1. The summed E-state index contributed by atoms with van der Waals surface area (Å²) < 4.78 is 50.4. The lowest BCUT2D eigenvalue weighted by Crippen LogP contribution is -2.32. The molecule has 118 valence electrons. The van der Waals surface area contributed by atoms with Gasteiger partial charge in [-0.3, -0.25) is 4.79 Å². The van der Waals surface area contributed by atoms with Gasteiger partial charge in [-0.2, -0.15) is 4.72 Å². The SMILES string of the molecule is C#CCNS(=O)(=O)c1cccc(C(=O)N2CCCS2(=O)=O)c1. The number of terminal acetylenes is 1. The third-order valence-corrected chi connectivity index (χ3v) is 6.30. The number of benzene rings is 1. The molecule has 1 heterocycles. The van der Waals surface area contributed by atoms with E-state index >= 15 is 0 Å². The Kier molecular flexibility index (Phi) is 4.55. The van der Waals surface area contributed by atoms with Crippen LogP contribution in [0, 0.1) is 12.3 Å². The maximum atomic E-state index is 12.3. The quantitative estimate of drug-likeness (QED) is 0.762. The van der Waals surface area contributed by atoms with Crippen LogP contribution in [-0.4, -0.2) is 45.9 Å². The van der Waals surface area contributed by atoms with Gasteiger partial charge in [0.25, 0.3) is 5.91 Å². The van der Waals surface area contributed by atoms with Crippen molar-refractivity contribution in [3.8, 4) is 12.3 Å². The van der Waals surface area contributed by atoms with Crippen LogP contribution in [-0.2, 0) is 20.0 Å². The maximum absolute atomic E-state index is 12.3. The van der Waals surface area contributed by atoms with Gasteiger partial charge in [-0.15, -0.1) is 6.42 Å². The van der Waals surface area contributed by atoms with Crippen LogP contribution in [0.1, 0.15) is 16.8 Å². The van der Waals surface area contributed by atoms with Gasteiger partial charge in [-0.05, 0) is 24.6 Å². The molecule has 1 aliphatic heterocycles. The normalized spacial score (nSPS) is 17.1. The summed E-state index contributed by atoms with van der Waals surface area (Å²) >= 11 is 0. The molecule has 0 atom stereocenters. The van der Waals surface area contributed by atoms with E-state index in [0.29, 0.717) is 6.42 Å². The Hall–Kier alpha value is -1.89. The molecule has 1 N–H and O–H groups in total. The number of rotatable bonds is 4. The Labute approximate surface area is 129 Å². The molecule has 1 fully saturated rings. The summed E-state index contributed by atoms with van der Waals surface area (Å²) in [6.07, 6.45) is 5.37. The highest BCUT2D eigenvalue weighted by Crippen LogP contribution is 2.19. The highest BCUT2D eigenvalue weighted by Gasteiger charge is 2.33. The summed E-state index contributed by atoms with van der Waals surface area (Å²) in [4.78, 5) is 12.1. The van der Waals surface area contributed by atoms with E-state index in [1.807, 2.05) is 0 Å². The highest BCUT2D eigenvalue weighted by atomic mass is 32.2. The predicted octanol–water partition coefficient (Wildman–Crippen LogP) is -0.226. The second-order valence-electron chi connectivity index (χ2n) is 4.60. The number of carbonyl (C=O) groups excluding carboxylic acids is 1. The van der Waals surface area contributed by atoms with Crippen molar-refractivity contribution in [3.05, 3.63) is 29.8 Å². The smallest absolute Gasteiger partial charge is 0.267 e. The number of amides is 1. The van der Waals surface area contributed by atoms with Crippen LogP contribution in [0.15, 0.2) is 29.2 Å². The van der Waals surface area contributed by atoms with E-state index in [1.165, 1.54) is 18.2 Å². The lowest BCUT2D eigenvalue weighted by atomic mass is 10.2. The Morgan fingerprint density at radius 2 is 2.14 bits per heavy atom. The minimum atomic E-state index is -3.84. The van der Waals surface area contributed by atoms with Gasteiger partial charge >= 0.3 is 0 Å². The van der Waals surface area contributed by atoms with Crippen molar-refractivity contribution in [2.75, 3.05) is 18.8 Å². The van der Waals surface area contributed by atoms with Crippen molar-refractivity contribution in [2.45, 2.75) is 11.3 Å². The Balaban J connectivity index is 2.33. The van der Waals surface area contributed by atoms with Gasteiger partial charge in [0.2, 0.25) is 20.0 Å². The van der Waals surface area contributed by atoms with Crippen LogP contribution in [0.2, 0.25) is 0 Å². The first kappa shape index (κ1) is 16.5. The van der Waals surface area contributed by atoms with Crippen LogP contribution in [0.25, 0.3) is 0 Å². The average molecular weight is 342 g/mol. The molecule has 0 aliphatic carbocycles. The monoisotopic (exact) mass is 342 g/mol. The molecule has 1 amide bonds. The zero-order valence-electron chi connectivity index (χ0n) is 11.5. The van der Waals surface area contributed by atoms with E-state index in [1.54, 1.807) is 0 Å². The summed E-state index contributed by atoms with van der Waals surface area (Å²) in [6, 6.07) is 5.18. The van der Waals surface area contributed by atoms with Gasteiger partial charge in [0.15, 0.2) is 0 Å². The van der Waals surface area contributed by atoms with Crippen molar-refractivity contribution in [1.29, 1.82) is 0 Å². The molecule has 1 aromatic carbocycles. The topological polar surface area (TPSA) is 101 Å². The van der Waals surface area contributed by atoms with Crippen LogP contribution in [0.4, 0.5) is 0 Å². The zero-order chi connectivity index (χ0) is 16.4. The fourth-order valence-corrected chi connectivity index (χ4v) is 4.49. The molecule has 0 aromatic heterocycles. The van der Waals surface area contributed by atoms with Gasteiger partial charge < -0.3 is 0 Å². The lowest BCUT2D eigenvalue weighted by molar-refractivity contribution is 0.0869. The first-order chi connectivity index (χ1) is 10.3. The van der Waals surface area contributed by atoms with Crippen molar-refractivity contribution >= 4 is 26.0 Å². The summed E-state index contributed by atoms with van der Waals surface area (Å²) in [5, 5.41) is 0. The predicted molar refractivity (Wildman–Crippen MR) is 79.9 cm³/mol. The van der Waals surface area contributed by atoms with Gasteiger partial charge in [-0.1, -0.05) is 12.0 Å². The zero-order valence-corrected chi connectivity index (χ0v) is 13.2. The third-order valence-electron chi connectivity index (χ3n) is 3.08. The molecule has 0 unspecified atom stereocenters. The maximum Gasteiger partial charge on any atom is 0.267 e. The molecule has 1 aromatic rings. The fraction of sp³-hybridized carbons (Fsp3) is 0.308. The minimum absolute atomic E-state index is 0.00550. The van der Waals surface area contributed by atoms with Crippen LogP contribution in [0.3, 0.4) is 0 Å². The minimum Gasteiger partial charge on any atom is -0.268 e. The molecule has 7 nitrogen and oxygen atoms in total. The van der Waals surface area contributed by atoms with Gasteiger partial charge in [0.1, 0.15) is 0 Å². The second kappa shape index (κ2) is 6.08. The molecule has 1 saturated heterocycles. The highest BCUT2D eigenvalue weighted by molar-refractivity contribution is 7.90. The molecule has 0 radical (unpaired) electrons. The van der Waals surface area contributed by atoms with Crippen molar-refractivity contribution in [3.63, 3.8) is 0 Å². The van der Waals surface area contributed by atoms with E-state index < -0.39 is 26.0 Å². The fourth-order valence-electron chi connectivity index (χ4n) is 2.03. The van der Waals surface area contributed by atoms with Crippen LogP contribution < -0.4 is 4.72 Å². The molecular formula is C13H14N2O5S2. The van der Waals surface area contributed by atoms with E-state index in [9.17, 15) is 21.6 Å². The molecular weight excluding hydrogens is 328 g/mol. The molecule has 1 aliphatic rings. The number of hydrogen-bond donors (Lipinski definition) is 1. The first-order valence-corrected chi connectivity index (χ1v) is 9.45. The number of nitrogens with zero attached hydrogens (tertiary/aromatic N) is 1. The average Bonchev–Trinajstić information content (AvgIpc) is 2.84. The molecule has 0 spiro atoms. The summed E-state index contributed by atoms with van der Waals surface area (Å²) in [5.41, 5.74) is -0.00550. The lowest BCUT2D eigenvalue weighted by Gasteiger charge is -2.15. The summed E-state index contributed by atoms with van der Waals surface area (Å²) in [7, 11) is -7.45.